The average molecular weight is 354 g/mol. The second-order valence-corrected chi connectivity index (χ2v) is 5.68. The normalized spacial score (nSPS) is 10.2. The third kappa shape index (κ3) is 3.52. The molecule has 0 aliphatic heterocycles. The number of carbonyl (C=O) groups is 1. The Hall–Kier alpha value is -1.52. The van der Waals surface area contributed by atoms with Crippen LogP contribution in [0.3, 0.4) is 0 Å². The molecule has 2 rings (SSSR count). The molecule has 2 N–H and O–H groups in total. The highest BCUT2D eigenvalue weighted by Crippen LogP contribution is 2.26. The van der Waals surface area contributed by atoms with Crippen molar-refractivity contribution >= 4 is 44.9 Å². The number of hydrogen-bond acceptors (Lipinski definition) is 1. The molecule has 104 valence electrons. The summed E-state index contributed by atoms with van der Waals surface area (Å²) >= 11 is 9.48. The Bertz CT molecular complexity index is 658. The van der Waals surface area contributed by atoms with Gasteiger partial charge in [0.25, 0.3) is 0 Å². The van der Waals surface area contributed by atoms with Gasteiger partial charge >= 0.3 is 6.03 Å². The van der Waals surface area contributed by atoms with Crippen LogP contribution in [0.15, 0.2) is 40.9 Å². The first kappa shape index (κ1) is 14.9. The molecule has 20 heavy (non-hydrogen) atoms. The smallest absolute Gasteiger partial charge is 0.308 e. The summed E-state index contributed by atoms with van der Waals surface area (Å²) < 4.78 is 0.872. The van der Waals surface area contributed by atoms with Gasteiger partial charge in [-0.2, -0.15) is 0 Å². The number of aryl methyl sites for hydroxylation is 2. The molecule has 3 nitrogen and oxygen atoms in total. The van der Waals surface area contributed by atoms with Crippen LogP contribution in [-0.2, 0) is 0 Å². The number of anilines is 2. The number of benzene rings is 2. The maximum absolute atomic E-state index is 12.0. The van der Waals surface area contributed by atoms with Crippen LogP contribution in [0, 0.1) is 13.8 Å². The number of halogens is 2. The van der Waals surface area contributed by atoms with Gasteiger partial charge in [-0.1, -0.05) is 29.8 Å². The minimum absolute atomic E-state index is 0.309. The fourth-order valence-electron chi connectivity index (χ4n) is 1.70. The van der Waals surface area contributed by atoms with Crippen LogP contribution >= 0.6 is 27.5 Å². The summed E-state index contributed by atoms with van der Waals surface area (Å²) in [6, 6.07) is 10.8. The van der Waals surface area contributed by atoms with Crippen molar-refractivity contribution in [3.63, 3.8) is 0 Å². The zero-order valence-electron chi connectivity index (χ0n) is 11.1. The third-order valence-corrected chi connectivity index (χ3v) is 4.33. The molecule has 0 bridgehead atoms. The van der Waals surface area contributed by atoms with Gasteiger partial charge in [0.1, 0.15) is 0 Å². The molecule has 0 aliphatic carbocycles. The van der Waals surface area contributed by atoms with Gasteiger partial charge in [-0.3, -0.25) is 0 Å². The minimum Gasteiger partial charge on any atom is -0.308 e. The minimum atomic E-state index is -0.309. The fourth-order valence-corrected chi connectivity index (χ4v) is 2.24. The SMILES string of the molecule is Cc1ccc(NC(=O)Nc2cccc(C)c2Br)cc1Cl. The summed E-state index contributed by atoms with van der Waals surface area (Å²) in [7, 11) is 0. The number of rotatable bonds is 2. The first-order valence-corrected chi connectivity index (χ1v) is 7.24. The van der Waals surface area contributed by atoms with E-state index in [4.69, 9.17) is 11.6 Å². The van der Waals surface area contributed by atoms with Crippen molar-refractivity contribution in [1.29, 1.82) is 0 Å². The van der Waals surface area contributed by atoms with Crippen molar-refractivity contribution in [2.75, 3.05) is 10.6 Å². The van der Waals surface area contributed by atoms with Crippen LogP contribution < -0.4 is 10.6 Å². The summed E-state index contributed by atoms with van der Waals surface area (Å²) in [6.45, 7) is 3.88. The van der Waals surface area contributed by atoms with Crippen molar-refractivity contribution in [1.82, 2.24) is 0 Å². The number of urea groups is 1. The van der Waals surface area contributed by atoms with Gasteiger partial charge in [0.15, 0.2) is 0 Å². The Kier molecular flexibility index (Phi) is 4.68. The van der Waals surface area contributed by atoms with Gasteiger partial charge < -0.3 is 10.6 Å². The largest absolute Gasteiger partial charge is 0.323 e. The van der Waals surface area contributed by atoms with Gasteiger partial charge in [0, 0.05) is 15.2 Å². The Balaban J connectivity index is 2.09. The maximum Gasteiger partial charge on any atom is 0.323 e. The van der Waals surface area contributed by atoms with E-state index in [1.165, 1.54) is 0 Å². The number of carbonyl (C=O) groups excluding carboxylic acids is 1. The number of nitrogens with one attached hydrogen (secondary N) is 2. The van der Waals surface area contributed by atoms with E-state index in [-0.39, 0.29) is 6.03 Å². The standard InChI is InChI=1S/C15H14BrClN2O/c1-9-6-7-11(8-12(9)17)18-15(20)19-13-5-3-4-10(2)14(13)16/h3-8H,1-2H3,(H2,18,19,20). The molecular weight excluding hydrogens is 340 g/mol. The van der Waals surface area contributed by atoms with E-state index >= 15 is 0 Å². The van der Waals surface area contributed by atoms with Gasteiger partial charge in [-0.05, 0) is 59.1 Å². The average Bonchev–Trinajstić information content (AvgIpc) is 2.39. The molecule has 5 heteroatoms. The Morgan fingerprint density at radius 1 is 1.10 bits per heavy atom. The summed E-state index contributed by atoms with van der Waals surface area (Å²) in [6.07, 6.45) is 0. The third-order valence-electron chi connectivity index (χ3n) is 2.87. The monoisotopic (exact) mass is 352 g/mol. The van der Waals surface area contributed by atoms with Crippen LogP contribution in [0.5, 0.6) is 0 Å². The Morgan fingerprint density at radius 3 is 2.55 bits per heavy atom. The second kappa shape index (κ2) is 6.29. The zero-order valence-corrected chi connectivity index (χ0v) is 13.5. The predicted octanol–water partition coefficient (Wildman–Crippen LogP) is 5.36. The van der Waals surface area contributed by atoms with Crippen molar-refractivity contribution in [2.24, 2.45) is 0 Å². The quantitative estimate of drug-likeness (QED) is 0.749. The Labute approximate surface area is 131 Å². The van der Waals surface area contributed by atoms with E-state index in [0.717, 1.165) is 21.3 Å². The first-order valence-electron chi connectivity index (χ1n) is 6.06. The highest BCUT2D eigenvalue weighted by Gasteiger charge is 2.07. The molecule has 0 radical (unpaired) electrons. The number of amides is 2. The summed E-state index contributed by atoms with van der Waals surface area (Å²) in [4.78, 5) is 12.0. The van der Waals surface area contributed by atoms with Crippen molar-refractivity contribution in [3.05, 3.63) is 57.0 Å². The van der Waals surface area contributed by atoms with Crippen LogP contribution in [0.4, 0.5) is 16.2 Å². The first-order chi connectivity index (χ1) is 9.47. The highest BCUT2D eigenvalue weighted by atomic mass is 79.9. The lowest BCUT2D eigenvalue weighted by Crippen LogP contribution is -2.19. The molecule has 0 heterocycles. The van der Waals surface area contributed by atoms with E-state index in [0.29, 0.717) is 10.7 Å². The second-order valence-electron chi connectivity index (χ2n) is 4.48. The molecule has 0 saturated heterocycles. The van der Waals surface area contributed by atoms with Crippen molar-refractivity contribution < 1.29 is 4.79 Å². The van der Waals surface area contributed by atoms with Crippen molar-refractivity contribution in [3.8, 4) is 0 Å². The van der Waals surface area contributed by atoms with Gasteiger partial charge in [-0.15, -0.1) is 0 Å². The molecule has 0 spiro atoms. The molecule has 0 saturated carbocycles. The topological polar surface area (TPSA) is 41.1 Å². The summed E-state index contributed by atoms with van der Waals surface area (Å²) in [5.74, 6) is 0. The van der Waals surface area contributed by atoms with Crippen LogP contribution in [-0.4, -0.2) is 6.03 Å². The lowest BCUT2D eigenvalue weighted by molar-refractivity contribution is 0.262. The summed E-state index contributed by atoms with van der Waals surface area (Å²) in [5, 5.41) is 6.17. The molecule has 0 unspecified atom stereocenters. The lowest BCUT2D eigenvalue weighted by atomic mass is 10.2. The van der Waals surface area contributed by atoms with Gasteiger partial charge in [0.2, 0.25) is 0 Å². The molecule has 0 atom stereocenters. The van der Waals surface area contributed by atoms with E-state index in [9.17, 15) is 4.79 Å². The predicted molar refractivity (Wildman–Crippen MR) is 87.7 cm³/mol. The lowest BCUT2D eigenvalue weighted by Gasteiger charge is -2.11. The van der Waals surface area contributed by atoms with Crippen molar-refractivity contribution in [2.45, 2.75) is 13.8 Å². The van der Waals surface area contributed by atoms with E-state index < -0.39 is 0 Å². The molecule has 0 fully saturated rings. The van der Waals surface area contributed by atoms with Crippen LogP contribution in [0.1, 0.15) is 11.1 Å². The Morgan fingerprint density at radius 2 is 1.85 bits per heavy atom. The fraction of sp³-hybridized carbons (Fsp3) is 0.133. The van der Waals surface area contributed by atoms with Gasteiger partial charge in [0.05, 0.1) is 5.69 Å². The number of hydrogen-bond donors (Lipinski definition) is 2. The molecule has 0 aliphatic rings. The highest BCUT2D eigenvalue weighted by molar-refractivity contribution is 9.10. The van der Waals surface area contributed by atoms with Crippen LogP contribution in [0.2, 0.25) is 5.02 Å². The maximum atomic E-state index is 12.0. The van der Waals surface area contributed by atoms with E-state index in [1.807, 2.05) is 44.2 Å². The molecule has 2 amide bonds. The van der Waals surface area contributed by atoms with E-state index in [2.05, 4.69) is 26.6 Å². The molecule has 0 aromatic heterocycles. The zero-order chi connectivity index (χ0) is 14.7. The summed E-state index contributed by atoms with van der Waals surface area (Å²) in [5.41, 5.74) is 3.41. The van der Waals surface area contributed by atoms with E-state index in [1.54, 1.807) is 6.07 Å². The van der Waals surface area contributed by atoms with Gasteiger partial charge in [-0.25, -0.2) is 4.79 Å². The molecule has 2 aromatic rings. The molecular formula is C15H14BrClN2O. The molecule has 2 aromatic carbocycles. The van der Waals surface area contributed by atoms with Crippen LogP contribution in [0.25, 0.3) is 0 Å².